The van der Waals surface area contributed by atoms with Gasteiger partial charge in [-0.1, -0.05) is 18.2 Å². The van der Waals surface area contributed by atoms with Gasteiger partial charge in [0.05, 0.1) is 37.0 Å². The molecule has 1 amide bonds. The molecule has 1 aromatic heterocycles. The maximum absolute atomic E-state index is 15.1. The van der Waals surface area contributed by atoms with Crippen molar-refractivity contribution in [2.45, 2.75) is 5.92 Å². The van der Waals surface area contributed by atoms with Gasteiger partial charge in [-0.15, -0.1) is 0 Å². The molecule has 0 radical (unpaired) electrons. The third-order valence-electron chi connectivity index (χ3n) is 5.37. The Morgan fingerprint density at radius 3 is 2.32 bits per heavy atom. The molecule has 1 heterocycles. The third kappa shape index (κ3) is 4.17. The summed E-state index contributed by atoms with van der Waals surface area (Å²) in [5.41, 5.74) is 5.26. The van der Waals surface area contributed by atoms with Gasteiger partial charge in [0, 0.05) is 23.8 Å². The fraction of sp³-hybridized carbons (Fsp3) is 0.167. The third-order valence-corrected chi connectivity index (χ3v) is 5.37. The van der Waals surface area contributed by atoms with Gasteiger partial charge in [0.15, 0.2) is 17.3 Å². The van der Waals surface area contributed by atoms with E-state index in [1.165, 1.54) is 44.9 Å². The molecule has 2 atom stereocenters. The smallest absolute Gasteiger partial charge is 0.230 e. The van der Waals surface area contributed by atoms with Gasteiger partial charge in [-0.25, -0.2) is 18.7 Å². The van der Waals surface area contributed by atoms with Gasteiger partial charge < -0.3 is 19.9 Å². The lowest BCUT2D eigenvalue weighted by Crippen LogP contribution is -2.33. The molecule has 174 valence electrons. The first kappa shape index (κ1) is 22.8. The van der Waals surface area contributed by atoms with Gasteiger partial charge >= 0.3 is 0 Å². The van der Waals surface area contributed by atoms with E-state index in [1.54, 1.807) is 12.1 Å². The minimum absolute atomic E-state index is 0.0134. The molecular formula is C24H19F2N3O5. The minimum Gasteiger partial charge on any atom is -0.493 e. The molecule has 0 saturated carbocycles. The van der Waals surface area contributed by atoms with Crippen molar-refractivity contribution in [2.24, 2.45) is 11.7 Å². The van der Waals surface area contributed by atoms with E-state index >= 15 is 8.78 Å². The predicted octanol–water partition coefficient (Wildman–Crippen LogP) is 3.60. The first-order chi connectivity index (χ1) is 16.3. The number of nitrogens with two attached hydrogens (primary N) is 1. The van der Waals surface area contributed by atoms with Crippen LogP contribution in [-0.2, 0) is 9.59 Å². The Hall–Kier alpha value is -4.34. The Labute approximate surface area is 192 Å². The number of ether oxygens (including phenoxy) is 3. The van der Waals surface area contributed by atoms with Crippen molar-refractivity contribution in [3.8, 4) is 23.1 Å². The number of amides is 1. The van der Waals surface area contributed by atoms with Crippen LogP contribution in [0.15, 0.2) is 54.9 Å². The van der Waals surface area contributed by atoms with Crippen molar-refractivity contribution in [3.63, 3.8) is 0 Å². The van der Waals surface area contributed by atoms with Crippen LogP contribution in [0, 0.1) is 17.6 Å². The van der Waals surface area contributed by atoms with E-state index in [2.05, 4.69) is 9.97 Å². The Morgan fingerprint density at radius 2 is 1.71 bits per heavy atom. The molecule has 4 rings (SSSR count). The van der Waals surface area contributed by atoms with Crippen LogP contribution in [0.25, 0.3) is 10.9 Å². The second-order valence-corrected chi connectivity index (χ2v) is 7.36. The molecule has 1 aliphatic rings. The quantitative estimate of drug-likeness (QED) is 0.565. The highest BCUT2D eigenvalue weighted by Gasteiger charge is 2.36. The molecule has 1 aliphatic carbocycles. The molecule has 8 nitrogen and oxygen atoms in total. The van der Waals surface area contributed by atoms with Crippen molar-refractivity contribution in [3.05, 3.63) is 72.1 Å². The van der Waals surface area contributed by atoms with Gasteiger partial charge in [-0.05, 0) is 12.1 Å². The second-order valence-electron chi connectivity index (χ2n) is 7.36. The lowest BCUT2D eigenvalue weighted by molar-refractivity contribution is -0.125. The first-order valence-electron chi connectivity index (χ1n) is 10.1. The van der Waals surface area contributed by atoms with Crippen molar-refractivity contribution >= 4 is 22.6 Å². The fourth-order valence-electron chi connectivity index (χ4n) is 3.78. The summed E-state index contributed by atoms with van der Waals surface area (Å²) in [6, 6.07) is 4.97. The average molecular weight is 467 g/mol. The van der Waals surface area contributed by atoms with Crippen LogP contribution in [0.2, 0.25) is 0 Å². The summed E-state index contributed by atoms with van der Waals surface area (Å²) in [4.78, 5) is 32.5. The second kappa shape index (κ2) is 9.26. The summed E-state index contributed by atoms with van der Waals surface area (Å²) in [7, 11) is 2.93. The molecule has 0 spiro atoms. The largest absolute Gasteiger partial charge is 0.493 e. The van der Waals surface area contributed by atoms with E-state index < -0.39 is 40.7 Å². The van der Waals surface area contributed by atoms with Crippen LogP contribution >= 0.6 is 0 Å². The monoisotopic (exact) mass is 467 g/mol. The van der Waals surface area contributed by atoms with Crippen LogP contribution in [-0.4, -0.2) is 35.9 Å². The Balaban J connectivity index is 1.74. The predicted molar refractivity (Wildman–Crippen MR) is 118 cm³/mol. The number of nitrogens with zero attached hydrogens (tertiary/aromatic N) is 2. The Bertz CT molecular complexity index is 1330. The van der Waals surface area contributed by atoms with E-state index in [1.807, 2.05) is 0 Å². The van der Waals surface area contributed by atoms with E-state index in [0.29, 0.717) is 22.4 Å². The zero-order valence-corrected chi connectivity index (χ0v) is 18.1. The molecule has 34 heavy (non-hydrogen) atoms. The Kier molecular flexibility index (Phi) is 6.22. The molecular weight excluding hydrogens is 448 g/mol. The standard InChI is InChI=1S/C24H19F2N3O5/c1-32-19-9-14-17(10-20(19)33-2)28-11-29-24(14)34-12-7-15(25)22(16(26)8-12)21(23(27)31)13-5-3-4-6-18(13)30/h3-11,13,21H,1-2H3,(H2,27,31). The van der Waals surface area contributed by atoms with E-state index in [4.69, 9.17) is 19.9 Å². The molecule has 2 N–H and O–H groups in total. The molecule has 2 unspecified atom stereocenters. The van der Waals surface area contributed by atoms with E-state index in [9.17, 15) is 9.59 Å². The first-order valence-corrected chi connectivity index (χ1v) is 10.1. The van der Waals surface area contributed by atoms with Gasteiger partial charge in [-0.2, -0.15) is 0 Å². The van der Waals surface area contributed by atoms with Crippen LogP contribution < -0.4 is 19.9 Å². The van der Waals surface area contributed by atoms with Crippen LogP contribution in [0.3, 0.4) is 0 Å². The highest BCUT2D eigenvalue weighted by atomic mass is 19.1. The molecule has 3 aromatic rings. The maximum Gasteiger partial charge on any atom is 0.230 e. The summed E-state index contributed by atoms with van der Waals surface area (Å²) >= 11 is 0. The lowest BCUT2D eigenvalue weighted by atomic mass is 9.80. The zero-order valence-electron chi connectivity index (χ0n) is 18.1. The van der Waals surface area contributed by atoms with Crippen molar-refractivity contribution in [1.82, 2.24) is 9.97 Å². The van der Waals surface area contributed by atoms with Gasteiger partial charge in [0.2, 0.25) is 11.8 Å². The summed E-state index contributed by atoms with van der Waals surface area (Å²) < 4.78 is 46.4. The topological polar surface area (TPSA) is 114 Å². The highest BCUT2D eigenvalue weighted by Crippen LogP contribution is 2.38. The van der Waals surface area contributed by atoms with E-state index in [0.717, 1.165) is 12.1 Å². The summed E-state index contributed by atoms with van der Waals surface area (Å²) in [6.07, 6.45) is 6.81. The van der Waals surface area contributed by atoms with Crippen LogP contribution in [0.4, 0.5) is 8.78 Å². The summed E-state index contributed by atoms with van der Waals surface area (Å²) in [6.45, 7) is 0. The zero-order chi connectivity index (χ0) is 24.4. The maximum atomic E-state index is 15.1. The number of benzene rings is 2. The average Bonchev–Trinajstić information content (AvgIpc) is 2.81. The number of halogens is 2. The number of methoxy groups -OCH3 is 2. The van der Waals surface area contributed by atoms with Crippen molar-refractivity contribution in [1.29, 1.82) is 0 Å². The van der Waals surface area contributed by atoms with Crippen LogP contribution in [0.1, 0.15) is 11.5 Å². The molecule has 0 fully saturated rings. The summed E-state index contributed by atoms with van der Waals surface area (Å²) in [5, 5.41) is 0.407. The molecule has 2 aromatic carbocycles. The number of ketones is 1. The number of aromatic nitrogens is 2. The SMILES string of the molecule is COc1cc2ncnc(Oc3cc(F)c(C(C(N)=O)C4C=CC=CC4=O)c(F)c3)c2cc1OC. The number of rotatable bonds is 7. The van der Waals surface area contributed by atoms with E-state index in [-0.39, 0.29) is 11.6 Å². The van der Waals surface area contributed by atoms with Gasteiger partial charge in [0.1, 0.15) is 23.7 Å². The van der Waals surface area contributed by atoms with Gasteiger partial charge in [-0.3, -0.25) is 9.59 Å². The summed E-state index contributed by atoms with van der Waals surface area (Å²) in [5.74, 6) is -5.74. The molecule has 0 bridgehead atoms. The number of fused-ring (bicyclic) bond motifs is 1. The highest BCUT2D eigenvalue weighted by molar-refractivity contribution is 5.99. The Morgan fingerprint density at radius 1 is 1.03 bits per heavy atom. The van der Waals surface area contributed by atoms with Crippen molar-refractivity contribution < 1.29 is 32.6 Å². The van der Waals surface area contributed by atoms with Gasteiger partial charge in [0.25, 0.3) is 0 Å². The number of carbonyl (C=O) groups excluding carboxylic acids is 2. The number of carbonyl (C=O) groups is 2. The number of primary amides is 1. The van der Waals surface area contributed by atoms with Crippen molar-refractivity contribution in [2.75, 3.05) is 14.2 Å². The molecule has 0 saturated heterocycles. The fourth-order valence-corrected chi connectivity index (χ4v) is 3.78. The van der Waals surface area contributed by atoms with Crippen LogP contribution in [0.5, 0.6) is 23.1 Å². The number of allylic oxidation sites excluding steroid dienone is 4. The lowest BCUT2D eigenvalue weighted by Gasteiger charge is -2.23. The number of hydrogen-bond acceptors (Lipinski definition) is 7. The molecule has 0 aliphatic heterocycles. The number of hydrogen-bond donors (Lipinski definition) is 1. The normalized spacial score (nSPS) is 15.9. The minimum atomic E-state index is -1.53. The molecule has 10 heteroatoms.